The van der Waals surface area contributed by atoms with Crippen molar-refractivity contribution in [2.45, 2.75) is 26.3 Å². The molecule has 1 N–H and O–H groups in total. The van der Waals surface area contributed by atoms with Crippen molar-refractivity contribution in [3.8, 4) is 0 Å². The molecule has 1 aromatic heterocycles. The molecule has 1 aliphatic rings. The van der Waals surface area contributed by atoms with Crippen LogP contribution in [0.1, 0.15) is 24.2 Å². The standard InChI is InChI=1S/C14H23N3O3S/c1-11-4-5-13(16(11)2)10-15-14(18)12-6-8-17(9-7-12)21(3,19)20/h4-5,12H,6-10H2,1-3H3,(H,15,18). The van der Waals surface area contributed by atoms with Crippen LogP contribution in [-0.4, -0.2) is 42.5 Å². The molecular weight excluding hydrogens is 290 g/mol. The summed E-state index contributed by atoms with van der Waals surface area (Å²) in [7, 11) is -1.16. The minimum absolute atomic E-state index is 0.0157. The number of nitrogens with one attached hydrogen (secondary N) is 1. The van der Waals surface area contributed by atoms with Gasteiger partial charge in [-0.25, -0.2) is 12.7 Å². The number of aromatic nitrogens is 1. The van der Waals surface area contributed by atoms with E-state index in [1.54, 1.807) is 0 Å². The highest BCUT2D eigenvalue weighted by molar-refractivity contribution is 7.88. The molecule has 0 atom stereocenters. The second kappa shape index (κ2) is 6.19. The maximum absolute atomic E-state index is 12.2. The Bertz CT molecular complexity index is 613. The van der Waals surface area contributed by atoms with Gasteiger partial charge in [-0.05, 0) is 31.9 Å². The number of amides is 1. The number of carbonyl (C=O) groups excluding carboxylic acids is 1. The summed E-state index contributed by atoms with van der Waals surface area (Å²) in [6.45, 7) is 3.39. The first-order valence-corrected chi connectivity index (χ1v) is 8.98. The maximum Gasteiger partial charge on any atom is 0.223 e. The average molecular weight is 313 g/mol. The number of hydrogen-bond acceptors (Lipinski definition) is 3. The van der Waals surface area contributed by atoms with Crippen molar-refractivity contribution in [1.82, 2.24) is 14.2 Å². The predicted octanol–water partition coefficient (Wildman–Crippen LogP) is 0.621. The minimum atomic E-state index is -3.13. The molecule has 0 aromatic carbocycles. The molecule has 1 amide bonds. The Hall–Kier alpha value is -1.34. The van der Waals surface area contributed by atoms with Crippen LogP contribution in [0.3, 0.4) is 0 Å². The van der Waals surface area contributed by atoms with Crippen LogP contribution in [0, 0.1) is 12.8 Å². The van der Waals surface area contributed by atoms with E-state index in [-0.39, 0.29) is 11.8 Å². The molecule has 0 saturated carbocycles. The zero-order valence-electron chi connectivity index (χ0n) is 12.8. The lowest BCUT2D eigenvalue weighted by Crippen LogP contribution is -2.42. The van der Waals surface area contributed by atoms with Gasteiger partial charge in [0.05, 0.1) is 12.8 Å². The molecule has 0 aliphatic carbocycles. The summed E-state index contributed by atoms with van der Waals surface area (Å²) in [5.74, 6) is -0.0774. The molecule has 0 radical (unpaired) electrons. The van der Waals surface area contributed by atoms with Gasteiger partial charge < -0.3 is 9.88 Å². The lowest BCUT2D eigenvalue weighted by Gasteiger charge is -2.29. The molecule has 1 fully saturated rings. The van der Waals surface area contributed by atoms with Crippen LogP contribution in [0.15, 0.2) is 12.1 Å². The van der Waals surface area contributed by atoms with Gasteiger partial charge in [-0.1, -0.05) is 0 Å². The molecule has 1 aliphatic heterocycles. The molecule has 2 rings (SSSR count). The Morgan fingerprint density at radius 2 is 1.95 bits per heavy atom. The quantitative estimate of drug-likeness (QED) is 0.886. The molecular formula is C14H23N3O3S. The van der Waals surface area contributed by atoms with Gasteiger partial charge in [0.2, 0.25) is 15.9 Å². The fourth-order valence-corrected chi connectivity index (χ4v) is 3.49. The van der Waals surface area contributed by atoms with Gasteiger partial charge in [-0.2, -0.15) is 0 Å². The first kappa shape index (κ1) is 16.0. The Morgan fingerprint density at radius 3 is 2.43 bits per heavy atom. The van der Waals surface area contributed by atoms with Gasteiger partial charge in [0.15, 0.2) is 0 Å². The number of sulfonamides is 1. The number of carbonyl (C=O) groups is 1. The summed E-state index contributed by atoms with van der Waals surface area (Å²) < 4.78 is 26.4. The van der Waals surface area contributed by atoms with Gasteiger partial charge in [0, 0.05) is 37.4 Å². The molecule has 0 bridgehead atoms. The fraction of sp³-hybridized carbons (Fsp3) is 0.643. The van der Waals surface area contributed by atoms with Crippen molar-refractivity contribution in [3.05, 3.63) is 23.5 Å². The topological polar surface area (TPSA) is 71.4 Å². The minimum Gasteiger partial charge on any atom is -0.350 e. The van der Waals surface area contributed by atoms with Crippen molar-refractivity contribution in [2.75, 3.05) is 19.3 Å². The summed E-state index contributed by atoms with van der Waals surface area (Å²) in [6.07, 6.45) is 2.39. The predicted molar refractivity (Wildman–Crippen MR) is 81.1 cm³/mol. The lowest BCUT2D eigenvalue weighted by atomic mass is 9.97. The summed E-state index contributed by atoms with van der Waals surface area (Å²) in [5, 5.41) is 2.95. The highest BCUT2D eigenvalue weighted by Crippen LogP contribution is 2.19. The number of aryl methyl sites for hydroxylation is 1. The van der Waals surface area contributed by atoms with E-state index in [1.165, 1.54) is 10.6 Å². The van der Waals surface area contributed by atoms with E-state index in [2.05, 4.69) is 5.32 Å². The highest BCUT2D eigenvalue weighted by Gasteiger charge is 2.28. The smallest absolute Gasteiger partial charge is 0.223 e. The van der Waals surface area contributed by atoms with Gasteiger partial charge in [0.25, 0.3) is 0 Å². The first-order chi connectivity index (χ1) is 9.79. The molecule has 7 heteroatoms. The third kappa shape index (κ3) is 3.85. The van der Waals surface area contributed by atoms with Crippen LogP contribution >= 0.6 is 0 Å². The summed E-state index contributed by atoms with van der Waals surface area (Å²) in [6, 6.07) is 4.02. The van der Waals surface area contributed by atoms with E-state index in [4.69, 9.17) is 0 Å². The Morgan fingerprint density at radius 1 is 1.33 bits per heavy atom. The van der Waals surface area contributed by atoms with Crippen molar-refractivity contribution in [3.63, 3.8) is 0 Å². The van der Waals surface area contributed by atoms with Crippen LogP contribution in [-0.2, 0) is 28.4 Å². The molecule has 0 spiro atoms. The number of rotatable bonds is 4. The molecule has 6 nitrogen and oxygen atoms in total. The van der Waals surface area contributed by atoms with Crippen molar-refractivity contribution in [2.24, 2.45) is 13.0 Å². The van der Waals surface area contributed by atoms with E-state index in [0.29, 0.717) is 32.5 Å². The number of hydrogen-bond donors (Lipinski definition) is 1. The van der Waals surface area contributed by atoms with Crippen molar-refractivity contribution in [1.29, 1.82) is 0 Å². The van der Waals surface area contributed by atoms with E-state index < -0.39 is 10.0 Å². The summed E-state index contributed by atoms with van der Waals surface area (Å²) in [5.41, 5.74) is 2.22. The van der Waals surface area contributed by atoms with E-state index in [0.717, 1.165) is 11.4 Å². The first-order valence-electron chi connectivity index (χ1n) is 7.13. The molecule has 21 heavy (non-hydrogen) atoms. The van der Waals surface area contributed by atoms with Crippen LogP contribution in [0.4, 0.5) is 0 Å². The summed E-state index contributed by atoms with van der Waals surface area (Å²) >= 11 is 0. The van der Waals surface area contributed by atoms with Gasteiger partial charge in [-0.3, -0.25) is 4.79 Å². The van der Waals surface area contributed by atoms with E-state index in [1.807, 2.05) is 30.7 Å². The van der Waals surface area contributed by atoms with Gasteiger partial charge >= 0.3 is 0 Å². The van der Waals surface area contributed by atoms with Crippen molar-refractivity contribution < 1.29 is 13.2 Å². The molecule has 118 valence electrons. The largest absolute Gasteiger partial charge is 0.350 e. The van der Waals surface area contributed by atoms with Crippen LogP contribution < -0.4 is 5.32 Å². The third-order valence-corrected chi connectivity index (χ3v) is 5.52. The SMILES string of the molecule is Cc1ccc(CNC(=O)C2CCN(S(C)(=O)=O)CC2)n1C. The third-order valence-electron chi connectivity index (χ3n) is 4.21. The zero-order valence-corrected chi connectivity index (χ0v) is 13.6. The van der Waals surface area contributed by atoms with Crippen molar-refractivity contribution >= 4 is 15.9 Å². The normalized spacial score (nSPS) is 17.9. The number of piperidine rings is 1. The fourth-order valence-electron chi connectivity index (χ4n) is 2.62. The van der Waals surface area contributed by atoms with Crippen LogP contribution in [0.5, 0.6) is 0 Å². The Balaban J connectivity index is 1.84. The monoisotopic (exact) mass is 313 g/mol. The second-order valence-electron chi connectivity index (χ2n) is 5.68. The Labute approximate surface area is 126 Å². The van der Waals surface area contributed by atoms with Crippen LogP contribution in [0.25, 0.3) is 0 Å². The Kier molecular flexibility index (Phi) is 4.73. The van der Waals surface area contributed by atoms with Gasteiger partial charge in [-0.15, -0.1) is 0 Å². The molecule has 1 saturated heterocycles. The zero-order chi connectivity index (χ0) is 15.6. The molecule has 0 unspecified atom stereocenters. The molecule has 2 heterocycles. The van der Waals surface area contributed by atoms with Gasteiger partial charge in [0.1, 0.15) is 0 Å². The second-order valence-corrected chi connectivity index (χ2v) is 7.66. The molecule has 1 aromatic rings. The average Bonchev–Trinajstić information content (AvgIpc) is 2.75. The summed E-state index contributed by atoms with van der Waals surface area (Å²) in [4.78, 5) is 12.2. The van der Waals surface area contributed by atoms with E-state index >= 15 is 0 Å². The lowest BCUT2D eigenvalue weighted by molar-refractivity contribution is -0.126. The van der Waals surface area contributed by atoms with E-state index in [9.17, 15) is 13.2 Å². The van der Waals surface area contributed by atoms with Crippen LogP contribution in [0.2, 0.25) is 0 Å². The maximum atomic E-state index is 12.2. The number of nitrogens with zero attached hydrogens (tertiary/aromatic N) is 2. The highest BCUT2D eigenvalue weighted by atomic mass is 32.2.